The fraction of sp³-hybridized carbons (Fsp3) is 0.600. The van der Waals surface area contributed by atoms with Crippen LogP contribution in [0.1, 0.15) is 67.3 Å². The van der Waals surface area contributed by atoms with E-state index in [4.69, 9.17) is 4.98 Å². The Morgan fingerprint density at radius 2 is 2.07 bits per heavy atom. The van der Waals surface area contributed by atoms with Crippen molar-refractivity contribution in [2.75, 3.05) is 0 Å². The molecular weight excluding hydrogens is 402 g/mol. The zero-order chi connectivity index (χ0) is 21.0. The van der Waals surface area contributed by atoms with Crippen LogP contribution < -0.4 is 10.9 Å². The molecule has 10 heteroatoms. The predicted octanol–water partition coefficient (Wildman–Crippen LogP) is 1.88. The summed E-state index contributed by atoms with van der Waals surface area (Å²) in [6, 6.07) is -0.00595. The third-order valence-corrected chi connectivity index (χ3v) is 7.01. The van der Waals surface area contributed by atoms with Crippen molar-refractivity contribution in [2.24, 2.45) is 0 Å². The average Bonchev–Trinajstić information content (AvgIpc) is 3.36. The van der Waals surface area contributed by atoms with Crippen molar-refractivity contribution < 1.29 is 4.79 Å². The van der Waals surface area contributed by atoms with Crippen LogP contribution in [-0.2, 0) is 24.3 Å². The lowest BCUT2D eigenvalue weighted by Gasteiger charge is -2.25. The molecule has 3 aromatic heterocycles. The molecule has 0 radical (unpaired) electrons. The van der Waals surface area contributed by atoms with Gasteiger partial charge in [0.05, 0.1) is 10.7 Å². The van der Waals surface area contributed by atoms with Gasteiger partial charge in [0.2, 0.25) is 5.91 Å². The molecule has 1 N–H and O–H groups in total. The van der Waals surface area contributed by atoms with Crippen LogP contribution in [0.25, 0.3) is 10.2 Å². The first-order chi connectivity index (χ1) is 14.4. The van der Waals surface area contributed by atoms with Gasteiger partial charge in [-0.25, -0.2) is 9.67 Å². The number of thiazole rings is 1. The quantitative estimate of drug-likeness (QED) is 0.666. The summed E-state index contributed by atoms with van der Waals surface area (Å²) in [4.78, 5) is 30.5. The van der Waals surface area contributed by atoms with Crippen LogP contribution in [0, 0.1) is 6.92 Å². The van der Waals surface area contributed by atoms with Gasteiger partial charge in [-0.1, -0.05) is 13.8 Å². The minimum absolute atomic E-state index is 0.00595. The van der Waals surface area contributed by atoms with Gasteiger partial charge in [0, 0.05) is 24.9 Å². The van der Waals surface area contributed by atoms with Crippen molar-refractivity contribution in [3.63, 3.8) is 0 Å². The van der Waals surface area contributed by atoms with Crippen LogP contribution in [0.3, 0.4) is 0 Å². The number of hydrogen-bond donors (Lipinski definition) is 1. The number of hydrogen-bond acceptors (Lipinski definition) is 7. The van der Waals surface area contributed by atoms with E-state index in [9.17, 15) is 9.59 Å². The molecule has 158 valence electrons. The van der Waals surface area contributed by atoms with E-state index in [2.05, 4.69) is 20.6 Å². The number of fused-ring (bicyclic) bond motifs is 2. The number of carbonyl (C=O) groups excluding carboxylic acids is 1. The van der Waals surface area contributed by atoms with E-state index in [1.165, 1.54) is 16.0 Å². The molecule has 9 nitrogen and oxygen atoms in total. The molecule has 3 aromatic rings. The Balaban J connectivity index is 1.38. The minimum atomic E-state index is -0.227. The number of aromatic nitrogens is 6. The standard InChI is InChI=1S/C20H25N7O2S/c1-10(2)16-17-18(30-19(22-17)12-4-5-12)20(29)27(25-16)9-15(28)21-13-6-7-14-24-23-11(3)26(14)8-13/h10,12-13H,4-9H2,1-3H3,(H,21,28). The van der Waals surface area contributed by atoms with Crippen molar-refractivity contribution in [2.45, 2.75) is 77.4 Å². The number of nitrogens with zero attached hydrogens (tertiary/aromatic N) is 6. The molecule has 4 heterocycles. The topological polar surface area (TPSA) is 108 Å². The highest BCUT2D eigenvalue weighted by molar-refractivity contribution is 7.18. The zero-order valence-electron chi connectivity index (χ0n) is 17.4. The summed E-state index contributed by atoms with van der Waals surface area (Å²) in [7, 11) is 0. The Labute approximate surface area is 177 Å². The van der Waals surface area contributed by atoms with Gasteiger partial charge in [-0.2, -0.15) is 5.10 Å². The molecular formula is C20H25N7O2S. The van der Waals surface area contributed by atoms with E-state index in [0.717, 1.165) is 48.0 Å². The molecule has 0 bridgehead atoms. The van der Waals surface area contributed by atoms with Gasteiger partial charge in [0.1, 0.15) is 28.4 Å². The number of rotatable bonds is 5. The summed E-state index contributed by atoms with van der Waals surface area (Å²) in [5.74, 6) is 2.20. The largest absolute Gasteiger partial charge is 0.350 e. The van der Waals surface area contributed by atoms with Crippen molar-refractivity contribution in [3.05, 3.63) is 32.7 Å². The maximum Gasteiger partial charge on any atom is 0.286 e. The van der Waals surface area contributed by atoms with E-state index >= 15 is 0 Å². The van der Waals surface area contributed by atoms with Crippen molar-refractivity contribution in [3.8, 4) is 0 Å². The lowest BCUT2D eigenvalue weighted by atomic mass is 10.1. The monoisotopic (exact) mass is 427 g/mol. The Morgan fingerprint density at radius 3 is 2.80 bits per heavy atom. The predicted molar refractivity (Wildman–Crippen MR) is 113 cm³/mol. The SMILES string of the molecule is Cc1nnc2n1CC(NC(=O)Cn1nc(C(C)C)c3nc(C4CC4)sc3c1=O)CC2. The Kier molecular flexibility index (Phi) is 4.68. The van der Waals surface area contributed by atoms with Gasteiger partial charge < -0.3 is 9.88 Å². The van der Waals surface area contributed by atoms with E-state index < -0.39 is 0 Å². The second-order valence-corrected chi connectivity index (χ2v) is 9.61. The normalized spacial score (nSPS) is 18.7. The zero-order valence-corrected chi connectivity index (χ0v) is 18.2. The Bertz CT molecular complexity index is 1190. The van der Waals surface area contributed by atoms with Gasteiger partial charge in [0.25, 0.3) is 5.56 Å². The highest BCUT2D eigenvalue weighted by Gasteiger charge is 2.29. The second-order valence-electron chi connectivity index (χ2n) is 8.58. The molecule has 0 spiro atoms. The molecule has 1 aliphatic heterocycles. The fourth-order valence-corrected chi connectivity index (χ4v) is 5.17. The molecule has 1 saturated carbocycles. The Hall–Kier alpha value is -2.62. The van der Waals surface area contributed by atoms with Crippen LogP contribution in [0.4, 0.5) is 0 Å². The highest BCUT2D eigenvalue weighted by atomic mass is 32.1. The van der Waals surface area contributed by atoms with Gasteiger partial charge in [-0.3, -0.25) is 9.59 Å². The first kappa shape index (κ1) is 19.3. The maximum atomic E-state index is 13.0. The van der Waals surface area contributed by atoms with Crippen molar-refractivity contribution >= 4 is 27.5 Å². The second kappa shape index (κ2) is 7.26. The average molecular weight is 428 g/mol. The lowest BCUT2D eigenvalue weighted by molar-refractivity contribution is -0.122. The molecule has 1 aliphatic carbocycles. The summed E-state index contributed by atoms with van der Waals surface area (Å²) in [5.41, 5.74) is 1.26. The van der Waals surface area contributed by atoms with Gasteiger partial charge >= 0.3 is 0 Å². The number of aryl methyl sites for hydroxylation is 2. The molecule has 30 heavy (non-hydrogen) atoms. The van der Waals surface area contributed by atoms with Gasteiger partial charge in [-0.15, -0.1) is 21.5 Å². The van der Waals surface area contributed by atoms with Gasteiger partial charge in [-0.05, 0) is 32.1 Å². The van der Waals surface area contributed by atoms with Crippen molar-refractivity contribution in [1.82, 2.24) is 34.8 Å². The summed E-state index contributed by atoms with van der Waals surface area (Å²) in [5, 5.41) is 16.9. The Morgan fingerprint density at radius 1 is 1.27 bits per heavy atom. The number of nitrogens with one attached hydrogen (secondary N) is 1. The molecule has 1 amide bonds. The molecule has 1 unspecified atom stereocenters. The lowest BCUT2D eigenvalue weighted by Crippen LogP contribution is -2.44. The van der Waals surface area contributed by atoms with E-state index in [-0.39, 0.29) is 30.0 Å². The minimum Gasteiger partial charge on any atom is -0.350 e. The summed E-state index contributed by atoms with van der Waals surface area (Å²) < 4.78 is 3.96. The number of amides is 1. The first-order valence-corrected chi connectivity index (χ1v) is 11.3. The van der Waals surface area contributed by atoms with E-state index in [1.54, 1.807) is 0 Å². The summed E-state index contributed by atoms with van der Waals surface area (Å²) >= 11 is 1.46. The molecule has 1 atom stereocenters. The molecule has 0 aromatic carbocycles. The molecule has 1 fully saturated rings. The smallest absolute Gasteiger partial charge is 0.286 e. The maximum absolute atomic E-state index is 13.0. The van der Waals surface area contributed by atoms with Crippen LogP contribution in [-0.4, -0.2) is 41.5 Å². The summed E-state index contributed by atoms with van der Waals surface area (Å²) in [6.45, 7) is 6.55. The fourth-order valence-electron chi connectivity index (χ4n) is 3.99. The first-order valence-electron chi connectivity index (χ1n) is 10.5. The van der Waals surface area contributed by atoms with Gasteiger partial charge in [0.15, 0.2) is 0 Å². The van der Waals surface area contributed by atoms with E-state index in [1.807, 2.05) is 25.3 Å². The van der Waals surface area contributed by atoms with Crippen LogP contribution in [0.5, 0.6) is 0 Å². The third-order valence-electron chi connectivity index (χ3n) is 5.81. The van der Waals surface area contributed by atoms with E-state index in [0.29, 0.717) is 22.7 Å². The molecule has 0 saturated heterocycles. The summed E-state index contributed by atoms with van der Waals surface area (Å²) in [6.07, 6.45) is 3.85. The molecule has 2 aliphatic rings. The van der Waals surface area contributed by atoms with Crippen molar-refractivity contribution in [1.29, 1.82) is 0 Å². The number of carbonyl (C=O) groups is 1. The van der Waals surface area contributed by atoms with Crippen LogP contribution >= 0.6 is 11.3 Å². The highest BCUT2D eigenvalue weighted by Crippen LogP contribution is 2.43. The van der Waals surface area contributed by atoms with Crippen LogP contribution in [0.2, 0.25) is 0 Å². The third kappa shape index (κ3) is 3.42. The molecule has 5 rings (SSSR count). The van der Waals surface area contributed by atoms with Crippen LogP contribution in [0.15, 0.2) is 4.79 Å².